The molecule has 1 amide bonds. The van der Waals surface area contributed by atoms with Gasteiger partial charge in [0.05, 0.1) is 18.8 Å². The first-order chi connectivity index (χ1) is 28.0. The Hall–Kier alpha value is -1.47. The Balaban J connectivity index is 3.76. The van der Waals surface area contributed by atoms with Crippen LogP contribution in [0.2, 0.25) is 0 Å². The van der Waals surface area contributed by atoms with Gasteiger partial charge in [0.1, 0.15) is 12.2 Å². The second kappa shape index (κ2) is 45.6. The second-order valence-corrected chi connectivity index (χ2v) is 17.1. The highest BCUT2D eigenvalue weighted by molar-refractivity contribution is 5.80. The summed E-state index contributed by atoms with van der Waals surface area (Å²) in [4.78, 5) is 12.5. The van der Waals surface area contributed by atoms with Gasteiger partial charge in [0.25, 0.3) is 0 Å². The van der Waals surface area contributed by atoms with Crippen LogP contribution in [0.1, 0.15) is 251 Å². The average Bonchev–Trinajstić information content (AvgIpc) is 3.22. The maximum absolute atomic E-state index is 12.5. The van der Waals surface area contributed by atoms with Crippen LogP contribution in [0.25, 0.3) is 0 Å². The van der Waals surface area contributed by atoms with Crippen LogP contribution in [0.5, 0.6) is 0 Å². The van der Waals surface area contributed by atoms with E-state index in [1.165, 1.54) is 167 Å². The minimum absolute atomic E-state index is 0.353. The van der Waals surface area contributed by atoms with Gasteiger partial charge in [-0.25, -0.2) is 0 Å². The van der Waals surface area contributed by atoms with Crippen molar-refractivity contribution < 1.29 is 25.2 Å². The number of carbonyl (C=O) groups is 1. The predicted octanol–water partition coefficient (Wildman–Crippen LogP) is 13.7. The van der Waals surface area contributed by atoms with Crippen molar-refractivity contribution in [1.29, 1.82) is 0 Å². The van der Waals surface area contributed by atoms with E-state index in [0.717, 1.165) is 51.4 Å². The van der Waals surface area contributed by atoms with Crippen molar-refractivity contribution in [3.05, 3.63) is 36.5 Å². The lowest BCUT2D eigenvalue weighted by Crippen LogP contribution is -2.53. The number of unbranched alkanes of at least 4 members (excludes halogenated alkanes) is 30. The maximum atomic E-state index is 12.5. The van der Waals surface area contributed by atoms with E-state index in [1.54, 1.807) is 0 Å². The number of carbonyl (C=O) groups excluding carboxylic acids is 1. The van der Waals surface area contributed by atoms with E-state index in [1.807, 2.05) is 0 Å². The lowest BCUT2D eigenvalue weighted by atomic mass is 10.00. The molecule has 0 aliphatic rings. The molecule has 0 fully saturated rings. The van der Waals surface area contributed by atoms with Crippen LogP contribution in [0.3, 0.4) is 0 Å². The fraction of sp³-hybridized carbons (Fsp3) is 0.863. The molecule has 4 unspecified atom stereocenters. The maximum Gasteiger partial charge on any atom is 0.249 e. The average molecular weight is 804 g/mol. The van der Waals surface area contributed by atoms with Crippen molar-refractivity contribution in [3.8, 4) is 0 Å². The zero-order valence-electron chi connectivity index (χ0n) is 37.8. The van der Waals surface area contributed by atoms with E-state index in [0.29, 0.717) is 19.3 Å². The Morgan fingerprint density at radius 2 is 0.737 bits per heavy atom. The zero-order valence-corrected chi connectivity index (χ0v) is 37.8. The van der Waals surface area contributed by atoms with Crippen LogP contribution >= 0.6 is 0 Å². The Kier molecular flexibility index (Phi) is 44.4. The van der Waals surface area contributed by atoms with Gasteiger partial charge >= 0.3 is 0 Å². The fourth-order valence-electron chi connectivity index (χ4n) is 7.59. The molecule has 0 aromatic rings. The molecule has 6 heteroatoms. The third-order valence-electron chi connectivity index (χ3n) is 11.6. The summed E-state index contributed by atoms with van der Waals surface area (Å²) in [5.74, 6) is -0.601. The first kappa shape index (κ1) is 55.5. The lowest BCUT2D eigenvalue weighted by molar-refractivity contribution is -0.132. The van der Waals surface area contributed by atoms with Crippen molar-refractivity contribution in [3.63, 3.8) is 0 Å². The summed E-state index contributed by atoms with van der Waals surface area (Å²) in [6, 6.07) is -1.01. The molecule has 0 aliphatic carbocycles. The fourth-order valence-corrected chi connectivity index (χ4v) is 7.59. The highest BCUT2D eigenvalue weighted by Crippen LogP contribution is 2.16. The number of nitrogens with one attached hydrogen (secondary N) is 1. The summed E-state index contributed by atoms with van der Waals surface area (Å²) in [6.45, 7) is 4.05. The highest BCUT2D eigenvalue weighted by Gasteiger charge is 2.28. The van der Waals surface area contributed by atoms with Crippen LogP contribution in [-0.4, -0.2) is 57.3 Å². The van der Waals surface area contributed by atoms with Gasteiger partial charge < -0.3 is 25.7 Å². The first-order valence-corrected chi connectivity index (χ1v) is 24.9. The van der Waals surface area contributed by atoms with Crippen LogP contribution in [0.15, 0.2) is 36.5 Å². The monoisotopic (exact) mass is 804 g/mol. The molecule has 6 nitrogen and oxygen atoms in total. The smallest absolute Gasteiger partial charge is 0.249 e. The Morgan fingerprint density at radius 1 is 0.421 bits per heavy atom. The number of hydrogen-bond donors (Lipinski definition) is 5. The van der Waals surface area contributed by atoms with Gasteiger partial charge in [0.2, 0.25) is 5.91 Å². The molecule has 0 spiro atoms. The van der Waals surface area contributed by atoms with Gasteiger partial charge in [0.15, 0.2) is 0 Å². The Labute approximate surface area is 354 Å². The third kappa shape index (κ3) is 39.7. The first-order valence-electron chi connectivity index (χ1n) is 24.9. The molecule has 0 radical (unpaired) electrons. The largest absolute Gasteiger partial charge is 0.394 e. The van der Waals surface area contributed by atoms with E-state index in [9.17, 15) is 25.2 Å². The number of rotatable bonds is 45. The van der Waals surface area contributed by atoms with Gasteiger partial charge in [-0.3, -0.25) is 4.79 Å². The van der Waals surface area contributed by atoms with E-state index in [4.69, 9.17) is 0 Å². The van der Waals surface area contributed by atoms with Gasteiger partial charge in [-0.05, 0) is 77.0 Å². The van der Waals surface area contributed by atoms with E-state index in [-0.39, 0.29) is 0 Å². The van der Waals surface area contributed by atoms with Gasteiger partial charge in [-0.15, -0.1) is 0 Å². The summed E-state index contributed by atoms with van der Waals surface area (Å²) in [5, 5.41) is 43.8. The van der Waals surface area contributed by atoms with E-state index < -0.39 is 36.9 Å². The van der Waals surface area contributed by atoms with Gasteiger partial charge in [-0.2, -0.15) is 0 Å². The number of hydrogen-bond acceptors (Lipinski definition) is 5. The number of aliphatic hydroxyl groups is 4. The quantitative estimate of drug-likeness (QED) is 0.0311. The minimum Gasteiger partial charge on any atom is -0.394 e. The molecule has 0 aromatic carbocycles. The van der Waals surface area contributed by atoms with Crippen molar-refractivity contribution in [2.45, 2.75) is 276 Å². The third-order valence-corrected chi connectivity index (χ3v) is 11.6. The summed E-state index contributed by atoms with van der Waals surface area (Å²) in [7, 11) is 0. The molecule has 0 saturated heterocycles. The molecule has 0 saturated carbocycles. The second-order valence-electron chi connectivity index (χ2n) is 17.1. The molecule has 0 aromatic heterocycles. The molecule has 0 bridgehead atoms. The highest BCUT2D eigenvalue weighted by atomic mass is 16.3. The van der Waals surface area contributed by atoms with Crippen LogP contribution in [-0.2, 0) is 4.79 Å². The molecule has 0 aliphatic heterocycles. The summed E-state index contributed by atoms with van der Waals surface area (Å²) < 4.78 is 0. The van der Waals surface area contributed by atoms with E-state index >= 15 is 0 Å². The number of aliphatic hydroxyl groups excluding tert-OH is 4. The molecule has 5 N–H and O–H groups in total. The summed E-state index contributed by atoms with van der Waals surface area (Å²) in [5.41, 5.74) is 0. The Bertz CT molecular complexity index is 904. The van der Waals surface area contributed by atoms with Crippen LogP contribution < -0.4 is 5.32 Å². The van der Waals surface area contributed by atoms with Crippen LogP contribution in [0.4, 0.5) is 0 Å². The standard InChI is InChI=1S/C51H97NO5/c1-3-5-7-9-11-13-15-17-19-21-23-25-27-29-31-33-35-37-39-41-43-45-49(55)51(57)52-47(46-53)50(56)48(54)44-42-40-38-36-34-32-30-28-26-24-22-20-18-16-14-12-10-8-6-4-2/h27-30,36,38,47-50,53-56H,3-26,31-35,37,39-46H2,1-2H3,(H,52,57)/b29-27-,30-28+,38-36+. The number of amides is 1. The molecule has 0 rings (SSSR count). The van der Waals surface area contributed by atoms with Crippen molar-refractivity contribution in [2.75, 3.05) is 6.61 Å². The molecule has 336 valence electrons. The van der Waals surface area contributed by atoms with Crippen LogP contribution in [0, 0.1) is 0 Å². The van der Waals surface area contributed by atoms with Crippen molar-refractivity contribution in [2.24, 2.45) is 0 Å². The molecule has 0 heterocycles. The predicted molar refractivity (Wildman–Crippen MR) is 247 cm³/mol. The lowest BCUT2D eigenvalue weighted by Gasteiger charge is -2.27. The summed E-state index contributed by atoms with van der Waals surface area (Å²) >= 11 is 0. The minimum atomic E-state index is -1.29. The zero-order chi connectivity index (χ0) is 41.7. The number of allylic oxidation sites excluding steroid dienone is 6. The van der Waals surface area contributed by atoms with Gasteiger partial charge in [0, 0.05) is 0 Å². The van der Waals surface area contributed by atoms with Crippen molar-refractivity contribution in [1.82, 2.24) is 5.32 Å². The Morgan fingerprint density at radius 3 is 1.11 bits per heavy atom. The molecule has 4 atom stereocenters. The summed E-state index contributed by atoms with van der Waals surface area (Å²) in [6.07, 6.45) is 54.7. The normalized spacial score (nSPS) is 14.3. The SMILES string of the molecule is CCCCCCCCCCCCC/C=C\CCCCCCCCC(O)C(=O)NC(CO)C(O)C(O)CCC/C=C/CC/C=C/CCCCCCCCCCCCC. The molecular weight excluding hydrogens is 707 g/mol. The molecule has 57 heavy (non-hydrogen) atoms. The van der Waals surface area contributed by atoms with Crippen molar-refractivity contribution >= 4 is 5.91 Å². The topological polar surface area (TPSA) is 110 Å². The van der Waals surface area contributed by atoms with E-state index in [2.05, 4.69) is 55.6 Å². The molecular formula is C51H97NO5. The van der Waals surface area contributed by atoms with Gasteiger partial charge in [-0.1, -0.05) is 211 Å².